The van der Waals surface area contributed by atoms with Crippen LogP contribution in [0.15, 0.2) is 22.9 Å². The van der Waals surface area contributed by atoms with Gasteiger partial charge in [-0.15, -0.1) is 0 Å². The summed E-state index contributed by atoms with van der Waals surface area (Å²) < 4.78 is 58.8. The zero-order valence-corrected chi connectivity index (χ0v) is 9.32. The lowest BCUT2D eigenvalue weighted by atomic mass is 10.4. The SMILES string of the molecule is O=S(=O)(Nc1ccnc(Br)c1)C(F)(F)F. The van der Waals surface area contributed by atoms with E-state index in [1.54, 1.807) is 0 Å². The molecule has 0 saturated heterocycles. The quantitative estimate of drug-likeness (QED) is 0.851. The molecule has 0 spiro atoms. The van der Waals surface area contributed by atoms with Gasteiger partial charge in [0.2, 0.25) is 0 Å². The Hall–Kier alpha value is -0.830. The van der Waals surface area contributed by atoms with Crippen molar-refractivity contribution in [3.05, 3.63) is 22.9 Å². The summed E-state index contributed by atoms with van der Waals surface area (Å²) >= 11 is 2.89. The molecular weight excluding hydrogens is 301 g/mol. The summed E-state index contributed by atoms with van der Waals surface area (Å²) in [6.45, 7) is 0. The van der Waals surface area contributed by atoms with Crippen LogP contribution in [0.4, 0.5) is 18.9 Å². The fourth-order valence-corrected chi connectivity index (χ4v) is 1.60. The van der Waals surface area contributed by atoms with Crippen LogP contribution in [0.3, 0.4) is 0 Å². The molecule has 0 saturated carbocycles. The summed E-state index contributed by atoms with van der Waals surface area (Å²) in [5, 5.41) is 0. The van der Waals surface area contributed by atoms with Crippen molar-refractivity contribution >= 4 is 31.6 Å². The monoisotopic (exact) mass is 304 g/mol. The predicted octanol–water partition coefficient (Wildman–Crippen LogP) is 2.11. The lowest BCUT2D eigenvalue weighted by Crippen LogP contribution is -2.29. The van der Waals surface area contributed by atoms with Gasteiger partial charge in [0.05, 0.1) is 5.69 Å². The van der Waals surface area contributed by atoms with Crippen LogP contribution in [-0.4, -0.2) is 18.9 Å². The highest BCUT2D eigenvalue weighted by molar-refractivity contribution is 9.10. The van der Waals surface area contributed by atoms with Crippen molar-refractivity contribution in [3.63, 3.8) is 0 Å². The van der Waals surface area contributed by atoms with Crippen LogP contribution in [0.25, 0.3) is 0 Å². The first-order chi connectivity index (χ1) is 6.72. The zero-order chi connectivity index (χ0) is 11.7. The van der Waals surface area contributed by atoms with Gasteiger partial charge in [0.1, 0.15) is 4.60 Å². The van der Waals surface area contributed by atoms with Crippen LogP contribution < -0.4 is 4.72 Å². The topological polar surface area (TPSA) is 59.1 Å². The maximum absolute atomic E-state index is 11.9. The van der Waals surface area contributed by atoms with Crippen LogP contribution >= 0.6 is 15.9 Å². The first-order valence-electron chi connectivity index (χ1n) is 3.43. The summed E-state index contributed by atoms with van der Waals surface area (Å²) in [6, 6.07) is 2.22. The molecule has 1 N–H and O–H groups in total. The third-order valence-electron chi connectivity index (χ3n) is 1.28. The highest BCUT2D eigenvalue weighted by Crippen LogP contribution is 2.25. The van der Waals surface area contributed by atoms with E-state index in [2.05, 4.69) is 20.9 Å². The molecule has 15 heavy (non-hydrogen) atoms. The van der Waals surface area contributed by atoms with E-state index in [0.717, 1.165) is 18.3 Å². The number of hydrogen-bond acceptors (Lipinski definition) is 3. The molecule has 4 nitrogen and oxygen atoms in total. The summed E-state index contributed by atoms with van der Waals surface area (Å²) in [7, 11) is -5.37. The second-order valence-corrected chi connectivity index (χ2v) is 4.90. The van der Waals surface area contributed by atoms with Gasteiger partial charge in [-0.25, -0.2) is 4.98 Å². The van der Waals surface area contributed by atoms with Gasteiger partial charge in [-0.05, 0) is 28.1 Å². The Morgan fingerprint density at radius 2 is 2.00 bits per heavy atom. The van der Waals surface area contributed by atoms with Gasteiger partial charge in [-0.2, -0.15) is 21.6 Å². The zero-order valence-electron chi connectivity index (χ0n) is 6.92. The molecule has 84 valence electrons. The molecule has 1 heterocycles. The number of rotatable bonds is 2. The minimum absolute atomic E-state index is 0.214. The largest absolute Gasteiger partial charge is 0.516 e. The molecule has 0 aliphatic rings. The highest BCUT2D eigenvalue weighted by Gasteiger charge is 2.46. The van der Waals surface area contributed by atoms with E-state index in [1.165, 1.54) is 4.72 Å². The summed E-state index contributed by atoms with van der Waals surface area (Å²) in [5.74, 6) is 0. The molecule has 1 aromatic heterocycles. The summed E-state index contributed by atoms with van der Waals surface area (Å²) in [6.07, 6.45) is 1.16. The molecule has 0 aromatic carbocycles. The average molecular weight is 305 g/mol. The number of sulfonamides is 1. The molecule has 0 aliphatic carbocycles. The number of aromatic nitrogens is 1. The van der Waals surface area contributed by atoms with E-state index >= 15 is 0 Å². The number of alkyl halides is 3. The molecule has 0 fully saturated rings. The Balaban J connectivity index is 2.98. The summed E-state index contributed by atoms with van der Waals surface area (Å²) in [4.78, 5) is 3.63. The molecule has 0 bridgehead atoms. The van der Waals surface area contributed by atoms with Crippen LogP contribution in [0, 0.1) is 0 Å². The fraction of sp³-hybridized carbons (Fsp3) is 0.167. The lowest BCUT2D eigenvalue weighted by molar-refractivity contribution is -0.0429. The van der Waals surface area contributed by atoms with Gasteiger partial charge in [-0.1, -0.05) is 0 Å². The van der Waals surface area contributed by atoms with Gasteiger partial charge in [0.25, 0.3) is 0 Å². The molecule has 1 aromatic rings. The van der Waals surface area contributed by atoms with Crippen molar-refractivity contribution in [2.24, 2.45) is 0 Å². The number of halogens is 4. The standard InChI is InChI=1S/C6H4BrF3N2O2S/c7-5-3-4(1-2-11-5)12-15(13,14)6(8,9)10/h1-3H,(H,11,12). The van der Waals surface area contributed by atoms with E-state index in [1.807, 2.05) is 0 Å². The minimum atomic E-state index is -5.37. The van der Waals surface area contributed by atoms with E-state index < -0.39 is 15.5 Å². The average Bonchev–Trinajstić information content (AvgIpc) is 2.00. The van der Waals surface area contributed by atoms with Crippen molar-refractivity contribution < 1.29 is 21.6 Å². The molecular formula is C6H4BrF3N2O2S. The number of anilines is 1. The lowest BCUT2D eigenvalue weighted by Gasteiger charge is -2.10. The van der Waals surface area contributed by atoms with Crippen molar-refractivity contribution in [1.82, 2.24) is 4.98 Å². The molecule has 0 atom stereocenters. The van der Waals surface area contributed by atoms with Crippen molar-refractivity contribution in [2.45, 2.75) is 5.51 Å². The molecule has 1 rings (SSSR count). The van der Waals surface area contributed by atoms with E-state index in [4.69, 9.17) is 0 Å². The van der Waals surface area contributed by atoms with Crippen LogP contribution in [0.2, 0.25) is 0 Å². The Morgan fingerprint density at radius 3 is 2.47 bits per heavy atom. The van der Waals surface area contributed by atoms with Crippen LogP contribution in [-0.2, 0) is 10.0 Å². The summed E-state index contributed by atoms with van der Waals surface area (Å²) in [5.41, 5.74) is -5.54. The minimum Gasteiger partial charge on any atom is -0.276 e. The van der Waals surface area contributed by atoms with Gasteiger partial charge in [0, 0.05) is 6.20 Å². The second-order valence-electron chi connectivity index (χ2n) is 2.42. The van der Waals surface area contributed by atoms with Gasteiger partial charge < -0.3 is 0 Å². The number of pyridine rings is 1. The second kappa shape index (κ2) is 3.97. The Bertz CT molecular complexity index is 460. The number of hydrogen-bond donors (Lipinski definition) is 1. The molecule has 0 radical (unpaired) electrons. The Morgan fingerprint density at radius 1 is 1.40 bits per heavy atom. The third-order valence-corrected chi connectivity index (χ3v) is 2.83. The fourth-order valence-electron chi connectivity index (χ4n) is 0.679. The Labute approximate surface area is 91.7 Å². The van der Waals surface area contributed by atoms with Crippen LogP contribution in [0.1, 0.15) is 0 Å². The van der Waals surface area contributed by atoms with Gasteiger partial charge in [-0.3, -0.25) is 4.72 Å². The third kappa shape index (κ3) is 3.06. The van der Waals surface area contributed by atoms with Crippen LogP contribution in [0.5, 0.6) is 0 Å². The first-order valence-corrected chi connectivity index (χ1v) is 5.70. The highest BCUT2D eigenvalue weighted by atomic mass is 79.9. The normalized spacial score (nSPS) is 12.5. The van der Waals surface area contributed by atoms with E-state index in [0.29, 0.717) is 0 Å². The maximum Gasteiger partial charge on any atom is 0.516 e. The first kappa shape index (κ1) is 12.2. The predicted molar refractivity (Wildman–Crippen MR) is 50.5 cm³/mol. The Kier molecular flexibility index (Phi) is 3.24. The number of nitrogens with zero attached hydrogens (tertiary/aromatic N) is 1. The molecule has 0 unspecified atom stereocenters. The number of nitrogens with one attached hydrogen (secondary N) is 1. The van der Waals surface area contributed by atoms with Crippen molar-refractivity contribution in [2.75, 3.05) is 4.72 Å². The van der Waals surface area contributed by atoms with Crippen molar-refractivity contribution in [1.29, 1.82) is 0 Å². The molecule has 0 amide bonds. The van der Waals surface area contributed by atoms with Gasteiger partial charge >= 0.3 is 15.5 Å². The molecule has 9 heteroatoms. The smallest absolute Gasteiger partial charge is 0.276 e. The van der Waals surface area contributed by atoms with Gasteiger partial charge in [0.15, 0.2) is 0 Å². The maximum atomic E-state index is 11.9. The van der Waals surface area contributed by atoms with E-state index in [9.17, 15) is 21.6 Å². The van der Waals surface area contributed by atoms with E-state index in [-0.39, 0.29) is 10.3 Å². The molecule has 0 aliphatic heterocycles. The van der Waals surface area contributed by atoms with Crippen molar-refractivity contribution in [3.8, 4) is 0 Å².